The Hall–Kier alpha value is -5.55. The van der Waals surface area contributed by atoms with Gasteiger partial charge in [0.2, 0.25) is 0 Å². The summed E-state index contributed by atoms with van der Waals surface area (Å²) >= 11 is 0. The van der Waals surface area contributed by atoms with Crippen LogP contribution in [0.5, 0.6) is 5.75 Å². The summed E-state index contributed by atoms with van der Waals surface area (Å²) in [5.74, 6) is 0.984. The molecule has 7 aromatic rings. The second kappa shape index (κ2) is 13.0. The molecule has 0 unspecified atom stereocenters. The zero-order valence-electron chi connectivity index (χ0n) is 30.9. The van der Waals surface area contributed by atoms with Gasteiger partial charge in [-0.3, -0.25) is 4.98 Å². The van der Waals surface area contributed by atoms with Crippen molar-refractivity contribution >= 4 is 11.2 Å². The van der Waals surface area contributed by atoms with Crippen molar-refractivity contribution in [3.8, 4) is 61.8 Å². The molecule has 0 radical (unpaired) electrons. The molecule has 0 amide bonds. The normalized spacial score (nSPS) is 12.2. The summed E-state index contributed by atoms with van der Waals surface area (Å²) in [7, 11) is 0. The van der Waals surface area contributed by atoms with Gasteiger partial charge >= 0.3 is 0 Å². The van der Waals surface area contributed by atoms with Gasteiger partial charge in [-0.2, -0.15) is 0 Å². The van der Waals surface area contributed by atoms with E-state index in [1.165, 1.54) is 0 Å². The highest BCUT2D eigenvalue weighted by molar-refractivity contribution is 5.95. The number of benzene rings is 4. The smallest absolute Gasteiger partial charge is 0.161 e. The van der Waals surface area contributed by atoms with Crippen LogP contribution in [-0.4, -0.2) is 24.6 Å². The average Bonchev–Trinajstić information content (AvgIpc) is 3.51. The fourth-order valence-corrected chi connectivity index (χ4v) is 6.84. The Morgan fingerprint density at radius 3 is 1.80 bits per heavy atom. The molecule has 0 saturated heterocycles. The molecular weight excluding hydrogens is 625 g/mol. The molecule has 0 aliphatic rings. The third kappa shape index (κ3) is 6.57. The van der Waals surface area contributed by atoms with Crippen molar-refractivity contribution in [3.63, 3.8) is 0 Å². The lowest BCUT2D eigenvalue weighted by Gasteiger charge is -2.27. The minimum atomic E-state index is -0.266. The van der Waals surface area contributed by atoms with Crippen molar-refractivity contribution in [3.05, 3.63) is 133 Å². The second-order valence-electron chi connectivity index (χ2n) is 15.8. The van der Waals surface area contributed by atoms with Crippen LogP contribution in [0.25, 0.3) is 67.2 Å². The molecule has 0 saturated carbocycles. The van der Waals surface area contributed by atoms with Crippen molar-refractivity contribution in [1.82, 2.24) is 19.5 Å². The van der Waals surface area contributed by atoms with E-state index in [0.717, 1.165) is 72.5 Å². The molecule has 51 heavy (non-hydrogen) atoms. The SMILES string of the molecule is CC(C)n1c(-c2cc(C(C)(C)C)cc(C(C)(C)C)c2O)nc2c(-c3cc(-c4ccccc4)cc(-c4cc(-c5ccccc5)ccn4)c3)ccnc21. The highest BCUT2D eigenvalue weighted by Gasteiger charge is 2.29. The number of imidazole rings is 1. The van der Waals surface area contributed by atoms with Gasteiger partial charge < -0.3 is 9.67 Å². The number of phenolic OH excluding ortho intramolecular Hbond substituents is 1. The Balaban J connectivity index is 1.48. The molecule has 1 N–H and O–H groups in total. The summed E-state index contributed by atoms with van der Waals surface area (Å²) in [5, 5.41) is 11.9. The minimum absolute atomic E-state index is 0.0414. The fraction of sp³-hybridized carbons (Fsp3) is 0.239. The molecular formula is C46H46N4O. The number of pyridine rings is 2. The topological polar surface area (TPSA) is 63.8 Å². The number of aromatic hydroxyl groups is 1. The van der Waals surface area contributed by atoms with Gasteiger partial charge in [0, 0.05) is 35.1 Å². The van der Waals surface area contributed by atoms with Crippen LogP contribution < -0.4 is 0 Å². The minimum Gasteiger partial charge on any atom is -0.507 e. The van der Waals surface area contributed by atoms with E-state index in [1.807, 2.05) is 24.5 Å². The Morgan fingerprint density at radius 1 is 0.569 bits per heavy atom. The van der Waals surface area contributed by atoms with Crippen LogP contribution in [0.15, 0.2) is 122 Å². The number of fused-ring (bicyclic) bond motifs is 1. The standard InChI is InChI=1S/C46H46N4O/c1-29(2)50-43(38-27-36(45(3,4)5)28-39(42(38)51)46(6,7)8)49-41-37(20-22-48-44(41)50)34-23-33(31-17-13-10-14-18-31)24-35(25-34)40-26-32(19-21-47-40)30-15-11-9-12-16-30/h9-29,51H,1-8H3. The molecule has 0 spiro atoms. The summed E-state index contributed by atoms with van der Waals surface area (Å²) in [5.41, 5.74) is 12.4. The molecule has 7 rings (SSSR count). The number of aromatic nitrogens is 4. The number of phenols is 1. The van der Waals surface area contributed by atoms with E-state index in [2.05, 4.69) is 157 Å². The molecule has 256 valence electrons. The monoisotopic (exact) mass is 670 g/mol. The van der Waals surface area contributed by atoms with Crippen LogP contribution in [0.4, 0.5) is 0 Å². The first-order valence-corrected chi connectivity index (χ1v) is 17.8. The second-order valence-corrected chi connectivity index (χ2v) is 15.8. The first-order valence-electron chi connectivity index (χ1n) is 17.8. The molecule has 0 fully saturated rings. The van der Waals surface area contributed by atoms with Crippen LogP contribution >= 0.6 is 0 Å². The summed E-state index contributed by atoms with van der Waals surface area (Å²) in [6.45, 7) is 17.4. The van der Waals surface area contributed by atoms with E-state index in [1.54, 1.807) is 0 Å². The van der Waals surface area contributed by atoms with Crippen LogP contribution in [0.1, 0.15) is 72.6 Å². The first kappa shape index (κ1) is 33.9. The van der Waals surface area contributed by atoms with Gasteiger partial charge in [0.15, 0.2) is 5.65 Å². The predicted molar refractivity (Wildman–Crippen MR) is 212 cm³/mol. The summed E-state index contributed by atoms with van der Waals surface area (Å²) in [6, 6.07) is 38.1. The van der Waals surface area contributed by atoms with Crippen molar-refractivity contribution in [2.45, 2.75) is 72.3 Å². The summed E-state index contributed by atoms with van der Waals surface area (Å²) in [6.07, 6.45) is 3.76. The van der Waals surface area contributed by atoms with Crippen LogP contribution in [0, 0.1) is 0 Å². The van der Waals surface area contributed by atoms with Crippen LogP contribution in [0.3, 0.4) is 0 Å². The molecule has 0 aliphatic heterocycles. The lowest BCUT2D eigenvalue weighted by Crippen LogP contribution is -2.17. The molecule has 3 aromatic heterocycles. The van der Waals surface area contributed by atoms with Gasteiger partial charge in [-0.25, -0.2) is 9.97 Å². The zero-order valence-corrected chi connectivity index (χ0v) is 30.9. The van der Waals surface area contributed by atoms with Gasteiger partial charge in [0.25, 0.3) is 0 Å². The Kier molecular flexibility index (Phi) is 8.62. The highest BCUT2D eigenvalue weighted by Crippen LogP contribution is 2.44. The third-order valence-electron chi connectivity index (χ3n) is 9.63. The maximum absolute atomic E-state index is 11.9. The van der Waals surface area contributed by atoms with Crippen molar-refractivity contribution in [1.29, 1.82) is 0 Å². The van der Waals surface area contributed by atoms with E-state index in [9.17, 15) is 5.11 Å². The van der Waals surface area contributed by atoms with Crippen molar-refractivity contribution in [2.75, 3.05) is 0 Å². The zero-order chi connectivity index (χ0) is 36.1. The van der Waals surface area contributed by atoms with E-state index >= 15 is 0 Å². The maximum Gasteiger partial charge on any atom is 0.161 e. The maximum atomic E-state index is 11.9. The summed E-state index contributed by atoms with van der Waals surface area (Å²) < 4.78 is 2.17. The van der Waals surface area contributed by atoms with E-state index in [-0.39, 0.29) is 22.6 Å². The van der Waals surface area contributed by atoms with Gasteiger partial charge in [-0.05, 0) is 101 Å². The van der Waals surface area contributed by atoms with Gasteiger partial charge in [0.1, 0.15) is 17.1 Å². The molecule has 0 aliphatic carbocycles. The molecule has 4 aromatic carbocycles. The first-order chi connectivity index (χ1) is 24.3. The number of nitrogens with zero attached hydrogens (tertiary/aromatic N) is 4. The lowest BCUT2D eigenvalue weighted by molar-refractivity contribution is 0.445. The number of hydrogen-bond acceptors (Lipinski definition) is 4. The van der Waals surface area contributed by atoms with Crippen LogP contribution in [0.2, 0.25) is 0 Å². The van der Waals surface area contributed by atoms with E-state index in [4.69, 9.17) is 15.0 Å². The van der Waals surface area contributed by atoms with Crippen molar-refractivity contribution in [2.24, 2.45) is 0 Å². The predicted octanol–water partition coefficient (Wildman–Crippen LogP) is 12.0. The highest BCUT2D eigenvalue weighted by atomic mass is 16.3. The number of rotatable bonds is 6. The molecule has 5 heteroatoms. The number of hydrogen-bond donors (Lipinski definition) is 1. The quantitative estimate of drug-likeness (QED) is 0.191. The molecule has 5 nitrogen and oxygen atoms in total. The van der Waals surface area contributed by atoms with Crippen molar-refractivity contribution < 1.29 is 5.11 Å². The molecule has 3 heterocycles. The lowest BCUT2D eigenvalue weighted by atomic mass is 9.79. The van der Waals surface area contributed by atoms with Gasteiger partial charge in [0.05, 0.1) is 11.3 Å². The van der Waals surface area contributed by atoms with Gasteiger partial charge in [-0.1, -0.05) is 108 Å². The Labute approximate surface area is 301 Å². The third-order valence-corrected chi connectivity index (χ3v) is 9.63. The summed E-state index contributed by atoms with van der Waals surface area (Å²) in [4.78, 5) is 15.1. The largest absolute Gasteiger partial charge is 0.507 e. The van der Waals surface area contributed by atoms with Gasteiger partial charge in [-0.15, -0.1) is 0 Å². The molecule has 0 atom stereocenters. The molecule has 0 bridgehead atoms. The fourth-order valence-electron chi connectivity index (χ4n) is 6.84. The van der Waals surface area contributed by atoms with E-state index < -0.39 is 0 Å². The van der Waals surface area contributed by atoms with Crippen LogP contribution in [-0.2, 0) is 10.8 Å². The Morgan fingerprint density at radius 2 is 1.18 bits per heavy atom. The van der Waals surface area contributed by atoms with E-state index in [0.29, 0.717) is 5.82 Å². The average molecular weight is 671 g/mol. The Bertz CT molecular complexity index is 2360.